The summed E-state index contributed by atoms with van der Waals surface area (Å²) in [4.78, 5) is -0.579. The molecule has 2 rings (SSSR count). The van der Waals surface area contributed by atoms with Crippen molar-refractivity contribution in [2.75, 3.05) is 6.54 Å². The van der Waals surface area contributed by atoms with E-state index in [2.05, 4.69) is 0 Å². The summed E-state index contributed by atoms with van der Waals surface area (Å²) in [6.45, 7) is 1.62. The van der Waals surface area contributed by atoms with Crippen LogP contribution in [0.5, 0.6) is 0 Å². The van der Waals surface area contributed by atoms with Crippen molar-refractivity contribution < 1.29 is 21.6 Å². The lowest BCUT2D eigenvalue weighted by atomic mass is 10.2. The summed E-state index contributed by atoms with van der Waals surface area (Å²) in [7, 11) is -4.24. The van der Waals surface area contributed by atoms with Gasteiger partial charge in [0, 0.05) is 19.0 Å². The Balaban J connectivity index is 2.48. The normalized spacial score (nSPS) is 16.9. The Hall–Kier alpha value is -1.30. The molecular formula is C15H16ClF3N2O2S. The highest BCUT2D eigenvalue weighted by Crippen LogP contribution is 2.39. The van der Waals surface area contributed by atoms with Gasteiger partial charge in [-0.1, -0.05) is 11.6 Å². The SMILES string of the molecule is CC(C1CC1)N(CCC#N)S(=O)(=O)c1cc(C(F)(F)F)ccc1Cl. The molecular weight excluding hydrogens is 365 g/mol. The molecule has 0 heterocycles. The van der Waals surface area contributed by atoms with Crippen LogP contribution in [0.25, 0.3) is 0 Å². The van der Waals surface area contributed by atoms with Crippen molar-refractivity contribution in [3.63, 3.8) is 0 Å². The molecule has 1 aliphatic rings. The molecule has 1 aromatic rings. The third kappa shape index (κ3) is 4.02. The van der Waals surface area contributed by atoms with Crippen LogP contribution in [-0.4, -0.2) is 25.3 Å². The Morgan fingerprint density at radius 1 is 1.42 bits per heavy atom. The largest absolute Gasteiger partial charge is 0.416 e. The third-order valence-corrected chi connectivity index (χ3v) is 6.52. The van der Waals surface area contributed by atoms with Crippen molar-refractivity contribution in [2.45, 2.75) is 43.3 Å². The fourth-order valence-electron chi connectivity index (χ4n) is 2.52. The first-order valence-corrected chi connectivity index (χ1v) is 9.16. The molecule has 1 saturated carbocycles. The molecule has 0 aliphatic heterocycles. The van der Waals surface area contributed by atoms with Crippen LogP contribution in [0.2, 0.25) is 5.02 Å². The number of hydrogen-bond donors (Lipinski definition) is 0. The zero-order valence-corrected chi connectivity index (χ0v) is 14.4. The maximum absolute atomic E-state index is 12.9. The number of rotatable bonds is 6. The molecule has 132 valence electrons. The van der Waals surface area contributed by atoms with Gasteiger partial charge in [-0.2, -0.15) is 22.7 Å². The lowest BCUT2D eigenvalue weighted by molar-refractivity contribution is -0.137. The molecule has 1 aliphatic carbocycles. The van der Waals surface area contributed by atoms with Crippen LogP contribution in [-0.2, 0) is 16.2 Å². The van der Waals surface area contributed by atoms with E-state index in [-0.39, 0.29) is 23.9 Å². The Labute approximate surface area is 143 Å². The number of sulfonamides is 1. The molecule has 0 saturated heterocycles. The summed E-state index contributed by atoms with van der Waals surface area (Å²) in [5.41, 5.74) is -1.08. The number of nitrogens with zero attached hydrogens (tertiary/aromatic N) is 2. The van der Waals surface area contributed by atoms with Crippen molar-refractivity contribution in [1.29, 1.82) is 5.26 Å². The van der Waals surface area contributed by atoms with Crippen molar-refractivity contribution >= 4 is 21.6 Å². The van der Waals surface area contributed by atoms with Crippen LogP contribution >= 0.6 is 11.6 Å². The van der Waals surface area contributed by atoms with Crippen LogP contribution in [0.1, 0.15) is 31.7 Å². The second-order valence-electron chi connectivity index (χ2n) is 5.74. The predicted molar refractivity (Wildman–Crippen MR) is 82.8 cm³/mol. The summed E-state index contributed by atoms with van der Waals surface area (Å²) in [5.74, 6) is 0.156. The van der Waals surface area contributed by atoms with Gasteiger partial charge in [0.2, 0.25) is 10.0 Å². The van der Waals surface area contributed by atoms with E-state index in [9.17, 15) is 21.6 Å². The first-order chi connectivity index (χ1) is 11.1. The fourth-order valence-corrected chi connectivity index (χ4v) is 4.71. The van der Waals surface area contributed by atoms with Gasteiger partial charge in [0.25, 0.3) is 0 Å². The van der Waals surface area contributed by atoms with Crippen molar-refractivity contribution in [2.24, 2.45) is 5.92 Å². The standard InChI is InChI=1S/C15H16ClF3N2O2S/c1-10(11-3-4-11)21(8-2-7-20)24(22,23)14-9-12(15(17,18)19)5-6-13(14)16/h5-6,9-11H,2-4,8H2,1H3. The van der Waals surface area contributed by atoms with E-state index in [1.165, 1.54) is 0 Å². The average molecular weight is 381 g/mol. The first-order valence-electron chi connectivity index (χ1n) is 7.34. The second kappa shape index (κ2) is 6.90. The van der Waals surface area contributed by atoms with E-state index in [4.69, 9.17) is 16.9 Å². The highest BCUT2D eigenvalue weighted by molar-refractivity contribution is 7.89. The van der Waals surface area contributed by atoms with Crippen molar-refractivity contribution in [1.82, 2.24) is 4.31 Å². The molecule has 1 unspecified atom stereocenters. The topological polar surface area (TPSA) is 61.2 Å². The maximum atomic E-state index is 12.9. The molecule has 4 nitrogen and oxygen atoms in total. The van der Waals surface area contributed by atoms with Crippen LogP contribution < -0.4 is 0 Å². The van der Waals surface area contributed by atoms with Crippen LogP contribution in [0.15, 0.2) is 23.1 Å². The van der Waals surface area contributed by atoms with Gasteiger partial charge in [-0.25, -0.2) is 8.42 Å². The van der Waals surface area contributed by atoms with Gasteiger partial charge < -0.3 is 0 Å². The number of benzene rings is 1. The molecule has 1 aromatic carbocycles. The fraction of sp³-hybridized carbons (Fsp3) is 0.533. The Morgan fingerprint density at radius 2 is 2.04 bits per heavy atom. The molecule has 24 heavy (non-hydrogen) atoms. The Morgan fingerprint density at radius 3 is 2.54 bits per heavy atom. The minimum Gasteiger partial charge on any atom is -0.207 e. The molecule has 1 atom stereocenters. The lowest BCUT2D eigenvalue weighted by Crippen LogP contribution is -2.40. The van der Waals surface area contributed by atoms with Gasteiger partial charge in [-0.15, -0.1) is 0 Å². The molecule has 1 fully saturated rings. The highest BCUT2D eigenvalue weighted by atomic mass is 35.5. The summed E-state index contributed by atoms with van der Waals surface area (Å²) in [6, 6.07) is 3.70. The molecule has 0 radical (unpaired) electrons. The molecule has 9 heteroatoms. The van der Waals surface area contributed by atoms with E-state index < -0.39 is 32.7 Å². The molecule has 0 amide bonds. The van der Waals surface area contributed by atoms with Crippen molar-refractivity contribution in [3.8, 4) is 6.07 Å². The number of alkyl halides is 3. The monoisotopic (exact) mass is 380 g/mol. The van der Waals surface area contributed by atoms with E-state index in [1.807, 2.05) is 6.07 Å². The summed E-state index contributed by atoms with van der Waals surface area (Å²) < 4.78 is 65.5. The van der Waals surface area contributed by atoms with Gasteiger partial charge in [0.05, 0.1) is 16.7 Å². The van der Waals surface area contributed by atoms with Gasteiger partial charge in [-0.3, -0.25) is 0 Å². The van der Waals surface area contributed by atoms with E-state index in [1.54, 1.807) is 6.92 Å². The summed E-state index contributed by atoms with van der Waals surface area (Å²) in [6.07, 6.45) is -3.01. The predicted octanol–water partition coefficient (Wildman–Crippen LogP) is 4.06. The van der Waals surface area contributed by atoms with Crippen LogP contribution in [0, 0.1) is 17.2 Å². The quantitative estimate of drug-likeness (QED) is 0.747. The van der Waals surface area contributed by atoms with Crippen LogP contribution in [0.3, 0.4) is 0 Å². The smallest absolute Gasteiger partial charge is 0.207 e. The molecule has 0 N–H and O–H groups in total. The average Bonchev–Trinajstić information content (AvgIpc) is 3.30. The van der Waals surface area contributed by atoms with Gasteiger partial charge in [0.1, 0.15) is 4.90 Å². The third-order valence-electron chi connectivity index (χ3n) is 4.05. The minimum atomic E-state index is -4.67. The molecule has 0 bridgehead atoms. The minimum absolute atomic E-state index is 0.0487. The zero-order valence-electron chi connectivity index (χ0n) is 12.8. The Kier molecular flexibility index (Phi) is 5.47. The van der Waals surface area contributed by atoms with Gasteiger partial charge >= 0.3 is 6.18 Å². The second-order valence-corrected chi connectivity index (χ2v) is 8.01. The number of nitriles is 1. The number of halogens is 4. The molecule has 0 aromatic heterocycles. The van der Waals surface area contributed by atoms with Crippen molar-refractivity contribution in [3.05, 3.63) is 28.8 Å². The first kappa shape index (κ1) is 19.0. The Bertz CT molecular complexity index is 755. The number of hydrogen-bond acceptors (Lipinski definition) is 3. The summed E-state index contributed by atoms with van der Waals surface area (Å²) >= 11 is 5.87. The van der Waals surface area contributed by atoms with Gasteiger partial charge in [-0.05, 0) is 43.9 Å². The molecule has 0 spiro atoms. The summed E-state index contributed by atoms with van der Waals surface area (Å²) in [5, 5.41) is 8.48. The van der Waals surface area contributed by atoms with E-state index in [0.717, 1.165) is 29.3 Å². The van der Waals surface area contributed by atoms with Crippen LogP contribution in [0.4, 0.5) is 13.2 Å². The lowest BCUT2D eigenvalue weighted by Gasteiger charge is -2.28. The highest BCUT2D eigenvalue weighted by Gasteiger charge is 2.40. The van der Waals surface area contributed by atoms with Gasteiger partial charge in [0.15, 0.2) is 0 Å². The van der Waals surface area contributed by atoms with E-state index in [0.29, 0.717) is 6.07 Å². The maximum Gasteiger partial charge on any atom is 0.416 e. The zero-order chi connectivity index (χ0) is 18.1. The van der Waals surface area contributed by atoms with E-state index >= 15 is 0 Å².